The van der Waals surface area contributed by atoms with Gasteiger partial charge in [0.15, 0.2) is 0 Å². The number of sulfonamides is 1. The molecule has 0 radical (unpaired) electrons. The monoisotopic (exact) mass is 441 g/mol. The van der Waals surface area contributed by atoms with Gasteiger partial charge >= 0.3 is 0 Å². The fourth-order valence-electron chi connectivity index (χ4n) is 4.65. The number of piperazine rings is 1. The van der Waals surface area contributed by atoms with E-state index in [1.807, 2.05) is 48.3 Å². The molecule has 0 unspecified atom stereocenters. The summed E-state index contributed by atoms with van der Waals surface area (Å²) in [7, 11) is -1.45. The average molecular weight is 442 g/mol. The van der Waals surface area contributed by atoms with Crippen molar-refractivity contribution in [2.24, 2.45) is 0 Å². The SMILES string of the molecule is CN(C(=O)CN1CCN(S(=O)(=O)Cc2ccccc2)CC1)[C@H]1CCCc2ccccc21. The number of benzene rings is 2. The summed E-state index contributed by atoms with van der Waals surface area (Å²) in [6.45, 7) is 2.35. The molecule has 7 heteroatoms. The van der Waals surface area contributed by atoms with E-state index in [4.69, 9.17) is 0 Å². The van der Waals surface area contributed by atoms with Crippen molar-refractivity contribution in [2.45, 2.75) is 31.1 Å². The first-order chi connectivity index (χ1) is 14.9. The van der Waals surface area contributed by atoms with Gasteiger partial charge in [-0.05, 0) is 36.0 Å². The molecule has 0 spiro atoms. The molecule has 1 aliphatic carbocycles. The van der Waals surface area contributed by atoms with E-state index in [1.165, 1.54) is 11.1 Å². The summed E-state index contributed by atoms with van der Waals surface area (Å²) in [5.74, 6) is 0.124. The lowest BCUT2D eigenvalue weighted by Gasteiger charge is -2.37. The second-order valence-electron chi connectivity index (χ2n) is 8.53. The molecule has 1 amide bonds. The fraction of sp³-hybridized carbons (Fsp3) is 0.458. The third-order valence-corrected chi connectivity index (χ3v) is 8.32. The minimum atomic E-state index is -3.34. The smallest absolute Gasteiger partial charge is 0.237 e. The van der Waals surface area contributed by atoms with Gasteiger partial charge in [-0.1, -0.05) is 54.6 Å². The summed E-state index contributed by atoms with van der Waals surface area (Å²) in [6, 6.07) is 17.8. The topological polar surface area (TPSA) is 60.9 Å². The first-order valence-corrected chi connectivity index (χ1v) is 12.6. The van der Waals surface area contributed by atoms with Crippen LogP contribution in [0.3, 0.4) is 0 Å². The van der Waals surface area contributed by atoms with Gasteiger partial charge in [0.2, 0.25) is 15.9 Å². The van der Waals surface area contributed by atoms with Crippen molar-refractivity contribution in [2.75, 3.05) is 39.8 Å². The fourth-order valence-corrected chi connectivity index (χ4v) is 6.17. The van der Waals surface area contributed by atoms with Crippen molar-refractivity contribution in [3.8, 4) is 0 Å². The molecule has 0 saturated carbocycles. The quantitative estimate of drug-likeness (QED) is 0.692. The first-order valence-electron chi connectivity index (χ1n) is 11.0. The van der Waals surface area contributed by atoms with Crippen LogP contribution in [-0.2, 0) is 27.0 Å². The zero-order valence-electron chi connectivity index (χ0n) is 18.1. The van der Waals surface area contributed by atoms with E-state index in [-0.39, 0.29) is 17.7 Å². The number of aryl methyl sites for hydroxylation is 1. The zero-order chi connectivity index (χ0) is 21.8. The van der Waals surface area contributed by atoms with Gasteiger partial charge in [0, 0.05) is 33.2 Å². The molecule has 2 aromatic rings. The Morgan fingerprint density at radius 2 is 1.68 bits per heavy atom. The number of hydrogen-bond acceptors (Lipinski definition) is 4. The Kier molecular flexibility index (Phi) is 6.74. The Morgan fingerprint density at radius 3 is 2.42 bits per heavy atom. The number of amides is 1. The van der Waals surface area contributed by atoms with Gasteiger partial charge in [0.05, 0.1) is 18.3 Å². The molecule has 6 nitrogen and oxygen atoms in total. The van der Waals surface area contributed by atoms with E-state index in [2.05, 4.69) is 23.1 Å². The standard InChI is InChI=1S/C24H31N3O3S/c1-25(23-13-7-11-21-10-5-6-12-22(21)23)24(28)18-26-14-16-27(17-15-26)31(29,30)19-20-8-3-2-4-9-20/h2-6,8-10,12,23H,7,11,13-19H2,1H3/t23-/m0/s1. The van der Waals surface area contributed by atoms with Gasteiger partial charge in [-0.3, -0.25) is 9.69 Å². The molecule has 1 atom stereocenters. The molecule has 2 aromatic carbocycles. The summed E-state index contributed by atoms with van der Waals surface area (Å²) in [5.41, 5.74) is 3.41. The summed E-state index contributed by atoms with van der Waals surface area (Å²) in [6.07, 6.45) is 3.16. The highest BCUT2D eigenvalue weighted by molar-refractivity contribution is 7.88. The van der Waals surface area contributed by atoms with Crippen LogP contribution in [0.25, 0.3) is 0 Å². The van der Waals surface area contributed by atoms with Crippen LogP contribution in [0.1, 0.15) is 35.6 Å². The summed E-state index contributed by atoms with van der Waals surface area (Å²) in [4.78, 5) is 16.9. The molecular formula is C24H31N3O3S. The average Bonchev–Trinajstić information content (AvgIpc) is 2.79. The number of nitrogens with zero attached hydrogens (tertiary/aromatic N) is 3. The number of hydrogen-bond donors (Lipinski definition) is 0. The molecular weight excluding hydrogens is 410 g/mol. The second-order valence-corrected chi connectivity index (χ2v) is 10.5. The van der Waals surface area contributed by atoms with E-state index in [0.29, 0.717) is 32.7 Å². The number of carbonyl (C=O) groups is 1. The van der Waals surface area contributed by atoms with E-state index in [1.54, 1.807) is 4.31 Å². The molecule has 2 aliphatic rings. The van der Waals surface area contributed by atoms with E-state index < -0.39 is 10.0 Å². The highest BCUT2D eigenvalue weighted by Crippen LogP contribution is 2.33. The van der Waals surface area contributed by atoms with Crippen LogP contribution in [0.4, 0.5) is 0 Å². The molecule has 1 saturated heterocycles. The van der Waals surface area contributed by atoms with Crippen LogP contribution in [0, 0.1) is 0 Å². The molecule has 31 heavy (non-hydrogen) atoms. The lowest BCUT2D eigenvalue weighted by molar-refractivity contribution is -0.133. The zero-order valence-corrected chi connectivity index (χ0v) is 18.9. The Hall–Kier alpha value is -2.22. The maximum Gasteiger partial charge on any atom is 0.237 e. The second kappa shape index (κ2) is 9.51. The van der Waals surface area contributed by atoms with E-state index in [0.717, 1.165) is 24.8 Å². The van der Waals surface area contributed by atoms with Crippen LogP contribution >= 0.6 is 0 Å². The van der Waals surface area contributed by atoms with Crippen LogP contribution in [-0.4, -0.2) is 68.2 Å². The van der Waals surface area contributed by atoms with Gasteiger partial charge in [-0.25, -0.2) is 8.42 Å². The van der Waals surface area contributed by atoms with Gasteiger partial charge in [0.1, 0.15) is 0 Å². The van der Waals surface area contributed by atoms with E-state index >= 15 is 0 Å². The Bertz CT molecular complexity index is 1000. The number of carbonyl (C=O) groups excluding carboxylic acids is 1. The van der Waals surface area contributed by atoms with Gasteiger partial charge in [-0.15, -0.1) is 0 Å². The summed E-state index contributed by atoms with van der Waals surface area (Å²) in [5, 5.41) is 0. The minimum absolute atomic E-state index is 0.0244. The van der Waals surface area contributed by atoms with Crippen molar-refractivity contribution < 1.29 is 13.2 Å². The lowest BCUT2D eigenvalue weighted by atomic mass is 9.87. The summed E-state index contributed by atoms with van der Waals surface area (Å²) < 4.78 is 27.1. The highest BCUT2D eigenvalue weighted by atomic mass is 32.2. The molecule has 1 aliphatic heterocycles. The molecule has 1 heterocycles. The molecule has 0 bridgehead atoms. The highest BCUT2D eigenvalue weighted by Gasteiger charge is 2.30. The number of rotatable bonds is 6. The number of fused-ring (bicyclic) bond motifs is 1. The van der Waals surface area contributed by atoms with Gasteiger partial charge in [0.25, 0.3) is 0 Å². The van der Waals surface area contributed by atoms with Crippen molar-refractivity contribution in [1.29, 1.82) is 0 Å². The third kappa shape index (κ3) is 5.17. The molecule has 1 fully saturated rings. The number of likely N-dealkylation sites (N-methyl/N-ethyl adjacent to an activating group) is 1. The van der Waals surface area contributed by atoms with Crippen LogP contribution in [0.2, 0.25) is 0 Å². The summed E-state index contributed by atoms with van der Waals surface area (Å²) >= 11 is 0. The molecule has 166 valence electrons. The first kappa shape index (κ1) is 22.0. The van der Waals surface area contributed by atoms with Crippen LogP contribution in [0.15, 0.2) is 54.6 Å². The van der Waals surface area contributed by atoms with Gasteiger partial charge in [-0.2, -0.15) is 4.31 Å². The molecule has 0 aromatic heterocycles. The van der Waals surface area contributed by atoms with Crippen molar-refractivity contribution in [3.05, 3.63) is 71.3 Å². The predicted octanol–water partition coefficient (Wildman–Crippen LogP) is 2.67. The van der Waals surface area contributed by atoms with E-state index in [9.17, 15) is 13.2 Å². The Balaban J connectivity index is 1.31. The maximum absolute atomic E-state index is 13.0. The van der Waals surface area contributed by atoms with Crippen LogP contribution in [0.5, 0.6) is 0 Å². The van der Waals surface area contributed by atoms with Crippen molar-refractivity contribution in [3.63, 3.8) is 0 Å². The normalized spacial score (nSPS) is 20.2. The lowest BCUT2D eigenvalue weighted by Crippen LogP contribution is -2.51. The predicted molar refractivity (Wildman–Crippen MR) is 122 cm³/mol. The third-order valence-electron chi connectivity index (χ3n) is 6.47. The van der Waals surface area contributed by atoms with Crippen molar-refractivity contribution >= 4 is 15.9 Å². The Morgan fingerprint density at radius 1 is 1.00 bits per heavy atom. The maximum atomic E-state index is 13.0. The Labute approximate surface area is 185 Å². The molecule has 0 N–H and O–H groups in total. The minimum Gasteiger partial charge on any atom is -0.338 e. The van der Waals surface area contributed by atoms with Crippen molar-refractivity contribution in [1.82, 2.24) is 14.1 Å². The largest absolute Gasteiger partial charge is 0.338 e. The van der Waals surface area contributed by atoms with Crippen LogP contribution < -0.4 is 0 Å². The van der Waals surface area contributed by atoms with Gasteiger partial charge < -0.3 is 4.90 Å². The molecule has 4 rings (SSSR count).